The van der Waals surface area contributed by atoms with Crippen molar-refractivity contribution < 1.29 is 18.3 Å². The van der Waals surface area contributed by atoms with E-state index in [0.29, 0.717) is 6.54 Å². The molecule has 0 fully saturated rings. The Labute approximate surface area is 122 Å². The Morgan fingerprint density at radius 1 is 1.40 bits per heavy atom. The Morgan fingerprint density at radius 3 is 2.80 bits per heavy atom. The molecular weight excluding hydrogens is 298 g/mol. The SMILES string of the molecule is O=C(O)c1cc(S(=O)(=O)NCCC2=CCCCC2)cs1. The van der Waals surface area contributed by atoms with Gasteiger partial charge in [-0.25, -0.2) is 17.9 Å². The summed E-state index contributed by atoms with van der Waals surface area (Å²) in [6.45, 7) is 0.354. The average Bonchev–Trinajstić information content (AvgIpc) is 2.90. The second-order valence-electron chi connectivity index (χ2n) is 4.71. The van der Waals surface area contributed by atoms with Crippen LogP contribution in [0.15, 0.2) is 28.0 Å². The monoisotopic (exact) mass is 315 g/mol. The van der Waals surface area contributed by atoms with E-state index in [0.717, 1.165) is 30.6 Å². The van der Waals surface area contributed by atoms with Gasteiger partial charge in [0.05, 0.1) is 4.90 Å². The van der Waals surface area contributed by atoms with Crippen LogP contribution < -0.4 is 4.72 Å². The molecule has 0 saturated heterocycles. The Hall–Kier alpha value is -1.18. The summed E-state index contributed by atoms with van der Waals surface area (Å²) in [7, 11) is -3.60. The van der Waals surface area contributed by atoms with Crippen molar-refractivity contribution in [3.63, 3.8) is 0 Å². The minimum absolute atomic E-state index is 0.0255. The van der Waals surface area contributed by atoms with Gasteiger partial charge < -0.3 is 5.11 Å². The molecule has 0 atom stereocenters. The molecule has 0 radical (unpaired) electrons. The van der Waals surface area contributed by atoms with E-state index in [4.69, 9.17) is 5.11 Å². The molecule has 0 bridgehead atoms. The molecule has 1 aromatic rings. The summed E-state index contributed by atoms with van der Waals surface area (Å²) in [6.07, 6.45) is 7.41. The molecule has 1 heterocycles. The average molecular weight is 315 g/mol. The number of carboxylic acid groups (broad SMARTS) is 1. The number of aromatic carboxylic acids is 1. The first-order chi connectivity index (χ1) is 9.49. The molecule has 5 nitrogen and oxygen atoms in total. The lowest BCUT2D eigenvalue weighted by atomic mass is 9.97. The quantitative estimate of drug-likeness (QED) is 0.790. The summed E-state index contributed by atoms with van der Waals surface area (Å²) in [4.78, 5) is 10.8. The van der Waals surface area contributed by atoms with Gasteiger partial charge in [-0.3, -0.25) is 0 Å². The van der Waals surface area contributed by atoms with Crippen molar-refractivity contribution in [2.45, 2.75) is 37.0 Å². The molecule has 1 aromatic heterocycles. The Morgan fingerprint density at radius 2 is 2.20 bits per heavy atom. The maximum absolute atomic E-state index is 12.0. The highest BCUT2D eigenvalue weighted by Crippen LogP contribution is 2.21. The van der Waals surface area contributed by atoms with Crippen LogP contribution in [0.5, 0.6) is 0 Å². The summed E-state index contributed by atoms with van der Waals surface area (Å²) in [5.41, 5.74) is 1.30. The number of hydrogen-bond acceptors (Lipinski definition) is 4. The third kappa shape index (κ3) is 3.91. The summed E-state index contributed by atoms with van der Waals surface area (Å²) < 4.78 is 26.5. The van der Waals surface area contributed by atoms with Crippen molar-refractivity contribution in [2.75, 3.05) is 6.54 Å². The zero-order chi connectivity index (χ0) is 14.6. The van der Waals surface area contributed by atoms with E-state index in [1.807, 2.05) is 0 Å². The number of nitrogens with one attached hydrogen (secondary N) is 1. The molecule has 2 N–H and O–H groups in total. The molecule has 0 spiro atoms. The van der Waals surface area contributed by atoms with Gasteiger partial charge in [0.1, 0.15) is 4.88 Å². The van der Waals surface area contributed by atoms with E-state index in [1.54, 1.807) is 0 Å². The Balaban J connectivity index is 1.93. The second kappa shape index (κ2) is 6.51. The molecule has 0 unspecified atom stereocenters. The molecule has 0 aromatic carbocycles. The summed E-state index contributed by atoms with van der Waals surface area (Å²) in [5, 5.41) is 10.2. The third-order valence-corrected chi connectivity index (χ3v) is 5.73. The molecule has 20 heavy (non-hydrogen) atoms. The van der Waals surface area contributed by atoms with Crippen LogP contribution in [0.4, 0.5) is 0 Å². The molecule has 1 aliphatic carbocycles. The van der Waals surface area contributed by atoms with E-state index in [9.17, 15) is 13.2 Å². The van der Waals surface area contributed by atoms with Gasteiger partial charge in [-0.15, -0.1) is 11.3 Å². The van der Waals surface area contributed by atoms with E-state index >= 15 is 0 Å². The van der Waals surface area contributed by atoms with Crippen LogP contribution in [0.1, 0.15) is 41.8 Å². The van der Waals surface area contributed by atoms with Crippen LogP contribution in [0.2, 0.25) is 0 Å². The van der Waals surface area contributed by atoms with Crippen LogP contribution in [0.3, 0.4) is 0 Å². The number of carboxylic acids is 1. The highest BCUT2D eigenvalue weighted by molar-refractivity contribution is 7.89. The first-order valence-electron chi connectivity index (χ1n) is 6.48. The van der Waals surface area contributed by atoms with Gasteiger partial charge in [0.15, 0.2) is 0 Å². The Bertz CT molecular complexity index is 616. The number of rotatable bonds is 6. The van der Waals surface area contributed by atoms with Crippen LogP contribution in [-0.4, -0.2) is 26.0 Å². The van der Waals surface area contributed by atoms with Crippen LogP contribution in [0.25, 0.3) is 0 Å². The summed E-state index contributed by atoms with van der Waals surface area (Å²) >= 11 is 0.916. The van der Waals surface area contributed by atoms with Gasteiger partial charge in [-0.2, -0.15) is 0 Å². The smallest absolute Gasteiger partial charge is 0.345 e. The zero-order valence-electron chi connectivity index (χ0n) is 11.0. The normalized spacial score (nSPS) is 15.9. The predicted molar refractivity (Wildman–Crippen MR) is 77.6 cm³/mol. The number of thiophene rings is 1. The van der Waals surface area contributed by atoms with E-state index < -0.39 is 16.0 Å². The number of hydrogen-bond donors (Lipinski definition) is 2. The van der Waals surface area contributed by atoms with Crippen molar-refractivity contribution in [1.82, 2.24) is 4.72 Å². The van der Waals surface area contributed by atoms with E-state index in [1.165, 1.54) is 29.9 Å². The van der Waals surface area contributed by atoms with Gasteiger partial charge in [0.25, 0.3) is 0 Å². The number of sulfonamides is 1. The second-order valence-corrected chi connectivity index (χ2v) is 7.39. The highest BCUT2D eigenvalue weighted by atomic mass is 32.2. The predicted octanol–water partition coefficient (Wildman–Crippen LogP) is 2.62. The van der Waals surface area contributed by atoms with Crippen LogP contribution >= 0.6 is 11.3 Å². The minimum Gasteiger partial charge on any atom is -0.477 e. The molecule has 2 rings (SSSR count). The lowest BCUT2D eigenvalue weighted by Crippen LogP contribution is -2.24. The third-order valence-electron chi connectivity index (χ3n) is 3.22. The largest absolute Gasteiger partial charge is 0.477 e. The standard InChI is InChI=1S/C13H17NO4S2/c15-13(16)12-8-11(9-19-12)20(17,18)14-7-6-10-4-2-1-3-5-10/h4,8-9,14H,1-3,5-7H2,(H,15,16). The fourth-order valence-corrected chi connectivity index (χ4v) is 4.28. The topological polar surface area (TPSA) is 83.5 Å². The maximum atomic E-state index is 12.0. The molecule has 0 aliphatic heterocycles. The number of carbonyl (C=O) groups is 1. The molecule has 0 amide bonds. The zero-order valence-corrected chi connectivity index (χ0v) is 12.6. The van der Waals surface area contributed by atoms with Crippen molar-refractivity contribution in [3.8, 4) is 0 Å². The number of allylic oxidation sites excluding steroid dienone is 1. The van der Waals surface area contributed by atoms with Gasteiger partial charge in [0.2, 0.25) is 10.0 Å². The van der Waals surface area contributed by atoms with E-state index in [2.05, 4.69) is 10.8 Å². The molecular formula is C13H17NO4S2. The molecule has 0 saturated carbocycles. The Kier molecular flexibility index (Phi) is 4.95. The molecule has 1 aliphatic rings. The van der Waals surface area contributed by atoms with E-state index in [-0.39, 0.29) is 9.77 Å². The van der Waals surface area contributed by atoms with Crippen molar-refractivity contribution in [1.29, 1.82) is 0 Å². The first-order valence-corrected chi connectivity index (χ1v) is 8.85. The lowest BCUT2D eigenvalue weighted by Gasteiger charge is -2.12. The van der Waals surface area contributed by atoms with Crippen LogP contribution in [0, 0.1) is 0 Å². The molecule has 110 valence electrons. The lowest BCUT2D eigenvalue weighted by molar-refractivity contribution is 0.0702. The minimum atomic E-state index is -3.60. The first kappa shape index (κ1) is 15.2. The molecule has 7 heteroatoms. The summed E-state index contributed by atoms with van der Waals surface area (Å²) in [5.74, 6) is -1.11. The van der Waals surface area contributed by atoms with Gasteiger partial charge in [-0.1, -0.05) is 11.6 Å². The van der Waals surface area contributed by atoms with Gasteiger partial charge >= 0.3 is 5.97 Å². The van der Waals surface area contributed by atoms with Crippen LogP contribution in [-0.2, 0) is 10.0 Å². The highest BCUT2D eigenvalue weighted by Gasteiger charge is 2.18. The van der Waals surface area contributed by atoms with Gasteiger partial charge in [-0.05, 0) is 38.2 Å². The van der Waals surface area contributed by atoms with Crippen molar-refractivity contribution in [2.24, 2.45) is 0 Å². The van der Waals surface area contributed by atoms with Gasteiger partial charge in [0, 0.05) is 11.9 Å². The van der Waals surface area contributed by atoms with Crippen molar-refractivity contribution >= 4 is 27.3 Å². The maximum Gasteiger partial charge on any atom is 0.345 e. The fraction of sp³-hybridized carbons (Fsp3) is 0.462. The summed E-state index contributed by atoms with van der Waals surface area (Å²) in [6, 6.07) is 1.19. The fourth-order valence-electron chi connectivity index (χ4n) is 2.13. The van der Waals surface area contributed by atoms with Crippen molar-refractivity contribution in [3.05, 3.63) is 28.0 Å².